The van der Waals surface area contributed by atoms with Crippen LogP contribution in [0.5, 0.6) is 0 Å². The van der Waals surface area contributed by atoms with Gasteiger partial charge in [-0.2, -0.15) is 0 Å². The summed E-state index contributed by atoms with van der Waals surface area (Å²) in [5.41, 5.74) is 2.24. The number of anilines is 1. The first-order valence-electron chi connectivity index (χ1n) is 8.03. The van der Waals surface area contributed by atoms with Crippen LogP contribution >= 0.6 is 0 Å². The molecule has 1 aliphatic rings. The summed E-state index contributed by atoms with van der Waals surface area (Å²) in [5, 5.41) is 0. The van der Waals surface area contributed by atoms with Gasteiger partial charge in [-0.05, 0) is 31.2 Å². The van der Waals surface area contributed by atoms with Gasteiger partial charge in [0.2, 0.25) is 0 Å². The number of nitrogens with zero attached hydrogens (tertiary/aromatic N) is 4. The smallest absolute Gasteiger partial charge is 0.255 e. The molecule has 0 saturated carbocycles. The maximum absolute atomic E-state index is 12.8. The van der Waals surface area contributed by atoms with Crippen LogP contribution in [-0.4, -0.2) is 54.6 Å². The molecule has 0 aliphatic carbocycles. The van der Waals surface area contributed by atoms with Crippen LogP contribution in [0, 0.1) is 6.92 Å². The number of pyridine rings is 2. The van der Waals surface area contributed by atoms with Crippen molar-refractivity contribution in [1.29, 1.82) is 0 Å². The van der Waals surface area contributed by atoms with E-state index in [1.54, 1.807) is 12.3 Å². The Morgan fingerprint density at radius 1 is 1.29 bits per heavy atom. The molecule has 3 rings (SSSR count). The topological polar surface area (TPSA) is 58.6 Å². The zero-order valence-corrected chi connectivity index (χ0v) is 14.3. The molecule has 0 spiro atoms. The lowest BCUT2D eigenvalue weighted by Gasteiger charge is -2.33. The zero-order chi connectivity index (χ0) is 17.1. The zero-order valence-electron chi connectivity index (χ0n) is 14.3. The van der Waals surface area contributed by atoms with Gasteiger partial charge >= 0.3 is 0 Å². The van der Waals surface area contributed by atoms with Crippen molar-refractivity contribution in [3.05, 3.63) is 53.5 Å². The predicted octanol–water partition coefficient (Wildman–Crippen LogP) is 2.06. The van der Waals surface area contributed by atoms with Crippen molar-refractivity contribution in [2.75, 3.05) is 38.7 Å². The Bertz CT molecular complexity index is 732. The van der Waals surface area contributed by atoms with Crippen molar-refractivity contribution < 1.29 is 9.53 Å². The first-order chi connectivity index (χ1) is 11.6. The molecule has 1 atom stereocenters. The number of hydrogen-bond acceptors (Lipinski definition) is 5. The molecular formula is C18H22N4O2. The predicted molar refractivity (Wildman–Crippen MR) is 92.1 cm³/mol. The Morgan fingerprint density at radius 2 is 2.12 bits per heavy atom. The van der Waals surface area contributed by atoms with Gasteiger partial charge in [0, 0.05) is 32.5 Å². The maximum Gasteiger partial charge on any atom is 0.255 e. The van der Waals surface area contributed by atoms with Gasteiger partial charge in [-0.1, -0.05) is 6.07 Å². The molecule has 126 valence electrons. The van der Waals surface area contributed by atoms with Gasteiger partial charge in [-0.3, -0.25) is 9.78 Å². The van der Waals surface area contributed by atoms with E-state index in [9.17, 15) is 4.79 Å². The molecule has 1 amide bonds. The van der Waals surface area contributed by atoms with Crippen LogP contribution in [0.2, 0.25) is 0 Å². The van der Waals surface area contributed by atoms with Crippen molar-refractivity contribution >= 4 is 11.7 Å². The van der Waals surface area contributed by atoms with Crippen LogP contribution in [0.1, 0.15) is 27.8 Å². The van der Waals surface area contributed by atoms with E-state index in [0.29, 0.717) is 25.3 Å². The van der Waals surface area contributed by atoms with E-state index in [4.69, 9.17) is 4.74 Å². The molecule has 0 unspecified atom stereocenters. The molecule has 3 heterocycles. The standard InChI is InChI=1S/C18H22N4O2/c1-13-14(6-5-9-19-13)18(23)22-10-11-24-16(12-22)15-7-4-8-17(20-15)21(2)3/h4-9,16H,10-12H2,1-3H3/t16-/m1/s1. The summed E-state index contributed by atoms with van der Waals surface area (Å²) in [4.78, 5) is 25.4. The van der Waals surface area contributed by atoms with Crippen molar-refractivity contribution in [1.82, 2.24) is 14.9 Å². The quantitative estimate of drug-likeness (QED) is 0.864. The van der Waals surface area contributed by atoms with Crippen molar-refractivity contribution in [3.8, 4) is 0 Å². The van der Waals surface area contributed by atoms with Crippen LogP contribution in [0.3, 0.4) is 0 Å². The SMILES string of the molecule is Cc1ncccc1C(=O)N1CCO[C@@H](c2cccc(N(C)C)n2)C1. The summed E-state index contributed by atoms with van der Waals surface area (Å²) in [6.07, 6.45) is 1.49. The number of aromatic nitrogens is 2. The lowest BCUT2D eigenvalue weighted by molar-refractivity contribution is -0.0247. The van der Waals surface area contributed by atoms with Crippen LogP contribution in [0.4, 0.5) is 5.82 Å². The van der Waals surface area contributed by atoms with Gasteiger partial charge in [0.05, 0.1) is 24.4 Å². The van der Waals surface area contributed by atoms with Gasteiger partial charge in [-0.25, -0.2) is 4.98 Å². The molecule has 0 bridgehead atoms. The molecule has 2 aromatic heterocycles. The number of morpholine rings is 1. The first kappa shape index (κ1) is 16.4. The summed E-state index contributed by atoms with van der Waals surface area (Å²) in [7, 11) is 3.91. The summed E-state index contributed by atoms with van der Waals surface area (Å²) < 4.78 is 5.85. The Balaban J connectivity index is 1.78. The number of amides is 1. The van der Waals surface area contributed by atoms with Crippen LogP contribution < -0.4 is 4.90 Å². The van der Waals surface area contributed by atoms with Crippen molar-refractivity contribution in [3.63, 3.8) is 0 Å². The second-order valence-electron chi connectivity index (χ2n) is 6.06. The molecule has 24 heavy (non-hydrogen) atoms. The fourth-order valence-electron chi connectivity index (χ4n) is 2.76. The Labute approximate surface area is 142 Å². The van der Waals surface area contributed by atoms with E-state index in [2.05, 4.69) is 9.97 Å². The third kappa shape index (κ3) is 3.38. The molecule has 1 fully saturated rings. The third-order valence-corrected chi connectivity index (χ3v) is 4.14. The van der Waals surface area contributed by atoms with Gasteiger partial charge < -0.3 is 14.5 Å². The normalized spacial score (nSPS) is 17.6. The Hall–Kier alpha value is -2.47. The first-order valence-corrected chi connectivity index (χ1v) is 8.03. The average molecular weight is 326 g/mol. The highest BCUT2D eigenvalue weighted by molar-refractivity contribution is 5.95. The van der Waals surface area contributed by atoms with Crippen LogP contribution in [-0.2, 0) is 4.74 Å². The average Bonchev–Trinajstić information content (AvgIpc) is 2.62. The molecule has 2 aromatic rings. The molecular weight excluding hydrogens is 304 g/mol. The lowest BCUT2D eigenvalue weighted by atomic mass is 10.1. The molecule has 0 aromatic carbocycles. The summed E-state index contributed by atoms with van der Waals surface area (Å²) in [5.74, 6) is 0.875. The van der Waals surface area contributed by atoms with Crippen LogP contribution in [0.25, 0.3) is 0 Å². The number of aryl methyl sites for hydroxylation is 1. The minimum absolute atomic E-state index is 0.00216. The van der Waals surface area contributed by atoms with E-state index in [-0.39, 0.29) is 12.0 Å². The number of carbonyl (C=O) groups is 1. The summed E-state index contributed by atoms with van der Waals surface area (Å²) in [6, 6.07) is 9.47. The van der Waals surface area contributed by atoms with E-state index in [1.807, 2.05) is 55.1 Å². The molecule has 6 heteroatoms. The number of rotatable bonds is 3. The minimum Gasteiger partial charge on any atom is -0.368 e. The van der Waals surface area contributed by atoms with Gasteiger partial charge in [0.15, 0.2) is 0 Å². The number of ether oxygens (including phenoxy) is 1. The van der Waals surface area contributed by atoms with Gasteiger partial charge in [-0.15, -0.1) is 0 Å². The second kappa shape index (κ2) is 6.97. The van der Waals surface area contributed by atoms with Crippen molar-refractivity contribution in [2.24, 2.45) is 0 Å². The van der Waals surface area contributed by atoms with Gasteiger partial charge in [0.25, 0.3) is 5.91 Å². The fourth-order valence-corrected chi connectivity index (χ4v) is 2.76. The molecule has 1 aliphatic heterocycles. The summed E-state index contributed by atoms with van der Waals surface area (Å²) >= 11 is 0. The van der Waals surface area contributed by atoms with E-state index >= 15 is 0 Å². The maximum atomic E-state index is 12.8. The third-order valence-electron chi connectivity index (χ3n) is 4.14. The highest BCUT2D eigenvalue weighted by Gasteiger charge is 2.28. The van der Waals surface area contributed by atoms with E-state index in [0.717, 1.165) is 17.2 Å². The van der Waals surface area contributed by atoms with Crippen molar-refractivity contribution in [2.45, 2.75) is 13.0 Å². The molecule has 1 saturated heterocycles. The monoisotopic (exact) mass is 326 g/mol. The van der Waals surface area contributed by atoms with E-state index in [1.165, 1.54) is 0 Å². The molecule has 0 N–H and O–H groups in total. The number of carbonyl (C=O) groups excluding carboxylic acids is 1. The number of hydrogen-bond donors (Lipinski definition) is 0. The Kier molecular flexibility index (Phi) is 4.76. The molecule has 0 radical (unpaired) electrons. The summed E-state index contributed by atoms with van der Waals surface area (Å²) in [6.45, 7) is 3.44. The van der Waals surface area contributed by atoms with E-state index < -0.39 is 0 Å². The highest BCUT2D eigenvalue weighted by atomic mass is 16.5. The highest BCUT2D eigenvalue weighted by Crippen LogP contribution is 2.23. The lowest BCUT2D eigenvalue weighted by Crippen LogP contribution is -2.42. The fraction of sp³-hybridized carbons (Fsp3) is 0.389. The Morgan fingerprint density at radius 3 is 2.88 bits per heavy atom. The van der Waals surface area contributed by atoms with Gasteiger partial charge in [0.1, 0.15) is 11.9 Å². The second-order valence-corrected chi connectivity index (χ2v) is 6.06. The minimum atomic E-state index is -0.209. The molecule has 6 nitrogen and oxygen atoms in total. The van der Waals surface area contributed by atoms with Crippen LogP contribution in [0.15, 0.2) is 36.5 Å². The largest absolute Gasteiger partial charge is 0.368 e.